The zero-order valence-corrected chi connectivity index (χ0v) is 11.0. The molecule has 0 aromatic carbocycles. The minimum Gasteiger partial charge on any atom is -0.390 e. The molecule has 2 bridgehead atoms. The molecule has 0 aromatic rings. The van der Waals surface area contributed by atoms with E-state index in [-0.39, 0.29) is 5.60 Å². The van der Waals surface area contributed by atoms with Crippen molar-refractivity contribution in [1.29, 1.82) is 0 Å². The summed E-state index contributed by atoms with van der Waals surface area (Å²) in [5, 5.41) is 10.7. The minimum atomic E-state index is -0.315. The standard InChI is InChI=1S/C15H26O2/c1-17-7-3-2-6-15(16)9-13-11-4-5-12(8-11)14(13)10-15/h11-14,16H,2-10H2,1H3/t11-,12-,13-,14+,15?/m0/s1. The molecule has 3 rings (SSSR count). The van der Waals surface area contributed by atoms with Gasteiger partial charge in [-0.1, -0.05) is 0 Å². The topological polar surface area (TPSA) is 29.5 Å². The number of fused-ring (bicyclic) bond motifs is 5. The van der Waals surface area contributed by atoms with Crippen LogP contribution in [0.4, 0.5) is 0 Å². The second-order valence-corrected chi connectivity index (χ2v) is 6.74. The molecule has 3 saturated carbocycles. The Labute approximate surface area is 105 Å². The third kappa shape index (κ3) is 2.15. The smallest absolute Gasteiger partial charge is 0.0653 e. The summed E-state index contributed by atoms with van der Waals surface area (Å²) in [4.78, 5) is 0. The minimum absolute atomic E-state index is 0.315. The lowest BCUT2D eigenvalue weighted by Crippen LogP contribution is -2.26. The SMILES string of the molecule is COCCCCC1(O)C[C@@H]2[C@H]3CC[C@@H](C3)[C@@H]2C1. The van der Waals surface area contributed by atoms with Crippen LogP contribution in [0.15, 0.2) is 0 Å². The van der Waals surface area contributed by atoms with E-state index in [4.69, 9.17) is 4.74 Å². The normalized spacial score (nSPS) is 47.6. The van der Waals surface area contributed by atoms with Gasteiger partial charge in [-0.05, 0) is 75.0 Å². The van der Waals surface area contributed by atoms with Crippen LogP contribution in [-0.2, 0) is 4.74 Å². The van der Waals surface area contributed by atoms with Crippen molar-refractivity contribution in [3.05, 3.63) is 0 Å². The summed E-state index contributed by atoms with van der Waals surface area (Å²) in [7, 11) is 1.76. The van der Waals surface area contributed by atoms with E-state index in [9.17, 15) is 5.11 Å². The lowest BCUT2D eigenvalue weighted by atomic mass is 9.82. The number of methoxy groups -OCH3 is 1. The molecule has 0 spiro atoms. The van der Waals surface area contributed by atoms with Gasteiger partial charge in [0.15, 0.2) is 0 Å². The molecule has 1 unspecified atom stereocenters. The Morgan fingerprint density at radius 2 is 1.76 bits per heavy atom. The van der Waals surface area contributed by atoms with Gasteiger partial charge in [-0.15, -0.1) is 0 Å². The zero-order chi connectivity index (χ0) is 11.9. The Hall–Kier alpha value is -0.0800. The van der Waals surface area contributed by atoms with Gasteiger partial charge >= 0.3 is 0 Å². The largest absolute Gasteiger partial charge is 0.390 e. The molecule has 3 aliphatic carbocycles. The molecule has 0 radical (unpaired) electrons. The zero-order valence-electron chi connectivity index (χ0n) is 11.0. The van der Waals surface area contributed by atoms with Crippen LogP contribution in [-0.4, -0.2) is 24.4 Å². The summed E-state index contributed by atoms with van der Waals surface area (Å²) in [6.07, 6.45) is 9.81. The molecule has 98 valence electrons. The van der Waals surface area contributed by atoms with Crippen LogP contribution in [0.3, 0.4) is 0 Å². The molecule has 3 aliphatic rings. The van der Waals surface area contributed by atoms with E-state index < -0.39 is 0 Å². The number of unbranched alkanes of at least 4 members (excludes halogenated alkanes) is 1. The van der Waals surface area contributed by atoms with Gasteiger partial charge in [-0.2, -0.15) is 0 Å². The van der Waals surface area contributed by atoms with Crippen molar-refractivity contribution in [2.75, 3.05) is 13.7 Å². The molecule has 3 fully saturated rings. The first-order valence-corrected chi connectivity index (χ1v) is 7.43. The third-order valence-electron chi connectivity index (χ3n) is 5.75. The number of aliphatic hydroxyl groups is 1. The van der Waals surface area contributed by atoms with Gasteiger partial charge in [-0.3, -0.25) is 0 Å². The average molecular weight is 238 g/mol. The monoisotopic (exact) mass is 238 g/mol. The highest BCUT2D eigenvalue weighted by Crippen LogP contribution is 2.61. The van der Waals surface area contributed by atoms with E-state index >= 15 is 0 Å². The number of rotatable bonds is 5. The van der Waals surface area contributed by atoms with Crippen molar-refractivity contribution < 1.29 is 9.84 Å². The van der Waals surface area contributed by atoms with Crippen LogP contribution in [0.1, 0.15) is 51.4 Å². The van der Waals surface area contributed by atoms with E-state index in [1.54, 1.807) is 7.11 Å². The van der Waals surface area contributed by atoms with Crippen molar-refractivity contribution >= 4 is 0 Å². The fourth-order valence-electron chi connectivity index (χ4n) is 5.03. The van der Waals surface area contributed by atoms with Crippen LogP contribution in [0.25, 0.3) is 0 Å². The van der Waals surface area contributed by atoms with E-state index in [1.165, 1.54) is 19.3 Å². The Morgan fingerprint density at radius 1 is 1.12 bits per heavy atom. The summed E-state index contributed by atoms with van der Waals surface area (Å²) >= 11 is 0. The lowest BCUT2D eigenvalue weighted by Gasteiger charge is -2.24. The van der Waals surface area contributed by atoms with Crippen molar-refractivity contribution in [3.63, 3.8) is 0 Å². The van der Waals surface area contributed by atoms with Crippen LogP contribution in [0.2, 0.25) is 0 Å². The molecule has 0 aromatic heterocycles. The van der Waals surface area contributed by atoms with Crippen LogP contribution < -0.4 is 0 Å². The highest BCUT2D eigenvalue weighted by atomic mass is 16.5. The molecular formula is C15H26O2. The maximum Gasteiger partial charge on any atom is 0.0653 e. The Kier molecular flexibility index (Phi) is 3.20. The van der Waals surface area contributed by atoms with Crippen molar-refractivity contribution in [3.8, 4) is 0 Å². The molecule has 2 nitrogen and oxygen atoms in total. The lowest BCUT2D eigenvalue weighted by molar-refractivity contribution is 0.0231. The van der Waals surface area contributed by atoms with E-state index in [0.717, 1.165) is 62.4 Å². The quantitative estimate of drug-likeness (QED) is 0.746. The first-order valence-electron chi connectivity index (χ1n) is 7.43. The van der Waals surface area contributed by atoms with Gasteiger partial charge in [0.1, 0.15) is 0 Å². The van der Waals surface area contributed by atoms with E-state index in [1.807, 2.05) is 0 Å². The first kappa shape index (κ1) is 12.0. The predicted molar refractivity (Wildman–Crippen MR) is 67.7 cm³/mol. The molecule has 5 atom stereocenters. The number of hydrogen-bond donors (Lipinski definition) is 1. The molecule has 2 heteroatoms. The Bertz CT molecular complexity index is 258. The molecular weight excluding hydrogens is 212 g/mol. The van der Waals surface area contributed by atoms with Gasteiger partial charge in [0, 0.05) is 13.7 Å². The van der Waals surface area contributed by atoms with Gasteiger partial charge in [0.2, 0.25) is 0 Å². The number of ether oxygens (including phenoxy) is 1. The highest BCUT2D eigenvalue weighted by Gasteiger charge is 2.55. The van der Waals surface area contributed by atoms with Crippen molar-refractivity contribution in [1.82, 2.24) is 0 Å². The second-order valence-electron chi connectivity index (χ2n) is 6.74. The molecule has 0 heterocycles. The van der Waals surface area contributed by atoms with Gasteiger partial charge in [0.25, 0.3) is 0 Å². The van der Waals surface area contributed by atoms with Crippen LogP contribution >= 0.6 is 0 Å². The molecule has 1 N–H and O–H groups in total. The van der Waals surface area contributed by atoms with Gasteiger partial charge in [0.05, 0.1) is 5.60 Å². The molecule has 0 saturated heterocycles. The predicted octanol–water partition coefficient (Wildman–Crippen LogP) is 2.99. The third-order valence-corrected chi connectivity index (χ3v) is 5.75. The maximum absolute atomic E-state index is 10.7. The van der Waals surface area contributed by atoms with E-state index in [2.05, 4.69) is 0 Å². The van der Waals surface area contributed by atoms with Crippen LogP contribution in [0, 0.1) is 23.7 Å². The average Bonchev–Trinajstić information content (AvgIpc) is 2.95. The molecule has 17 heavy (non-hydrogen) atoms. The Morgan fingerprint density at radius 3 is 2.35 bits per heavy atom. The summed E-state index contributed by atoms with van der Waals surface area (Å²) in [5.74, 6) is 3.69. The van der Waals surface area contributed by atoms with Crippen LogP contribution in [0.5, 0.6) is 0 Å². The fourth-order valence-corrected chi connectivity index (χ4v) is 5.03. The summed E-state index contributed by atoms with van der Waals surface area (Å²) in [6.45, 7) is 0.841. The van der Waals surface area contributed by atoms with Gasteiger partial charge in [-0.25, -0.2) is 0 Å². The highest BCUT2D eigenvalue weighted by molar-refractivity contribution is 5.06. The summed E-state index contributed by atoms with van der Waals surface area (Å²) in [6, 6.07) is 0. The van der Waals surface area contributed by atoms with Gasteiger partial charge < -0.3 is 9.84 Å². The molecule has 0 aliphatic heterocycles. The number of hydrogen-bond acceptors (Lipinski definition) is 2. The molecule has 0 amide bonds. The Balaban J connectivity index is 1.52. The first-order chi connectivity index (χ1) is 8.22. The maximum atomic E-state index is 10.7. The second kappa shape index (κ2) is 4.55. The summed E-state index contributed by atoms with van der Waals surface area (Å²) < 4.78 is 5.08. The van der Waals surface area contributed by atoms with Crippen molar-refractivity contribution in [2.45, 2.75) is 57.0 Å². The fraction of sp³-hybridized carbons (Fsp3) is 1.00. The van der Waals surface area contributed by atoms with Crippen molar-refractivity contribution in [2.24, 2.45) is 23.7 Å². The van der Waals surface area contributed by atoms with E-state index in [0.29, 0.717) is 0 Å². The summed E-state index contributed by atoms with van der Waals surface area (Å²) in [5.41, 5.74) is -0.315.